The molecule has 0 unspecified atom stereocenters. The third-order valence-electron chi connectivity index (χ3n) is 0.943. The summed E-state index contributed by atoms with van der Waals surface area (Å²) in [6, 6.07) is 2.10. The number of thiophene rings is 1. The maximum Gasteiger partial charge on any atom is 0.0215 e. The normalized spacial score (nSPS) is 10.8. The zero-order valence-corrected chi connectivity index (χ0v) is 7.28. The van der Waals surface area contributed by atoms with Gasteiger partial charge in [-0.05, 0) is 22.4 Å². The molecule has 1 rings (SSSR count). The van der Waals surface area contributed by atoms with Gasteiger partial charge < -0.3 is 0 Å². The van der Waals surface area contributed by atoms with E-state index < -0.39 is 0 Å². The van der Waals surface area contributed by atoms with Crippen LogP contribution in [0.15, 0.2) is 22.9 Å². The Labute approximate surface area is 67.3 Å². The molecule has 0 N–H and O–H groups in total. The van der Waals surface area contributed by atoms with Crippen LogP contribution in [0.4, 0.5) is 0 Å². The molecule has 0 aliphatic carbocycles. The van der Waals surface area contributed by atoms with Crippen LogP contribution >= 0.6 is 27.3 Å². The summed E-state index contributed by atoms with van der Waals surface area (Å²) in [5.41, 5.74) is 1.29. The predicted molar refractivity (Wildman–Crippen MR) is 47.1 cm³/mol. The quantitative estimate of drug-likeness (QED) is 0.647. The van der Waals surface area contributed by atoms with Gasteiger partial charge in [0.2, 0.25) is 0 Å². The van der Waals surface area contributed by atoms with Crippen molar-refractivity contribution >= 4 is 33.3 Å². The Morgan fingerprint density at radius 3 is 3.11 bits per heavy atom. The van der Waals surface area contributed by atoms with Crippen molar-refractivity contribution in [3.8, 4) is 0 Å². The maximum atomic E-state index is 3.31. The average molecular weight is 203 g/mol. The third-order valence-corrected chi connectivity index (χ3v) is 2.02. The van der Waals surface area contributed by atoms with Gasteiger partial charge in [-0.15, -0.1) is 0 Å². The van der Waals surface area contributed by atoms with Crippen LogP contribution in [0.25, 0.3) is 6.08 Å². The minimum atomic E-state index is 0.933. The first-order valence-corrected chi connectivity index (χ1v) is 4.74. The second kappa shape index (κ2) is 3.85. The van der Waals surface area contributed by atoms with Crippen molar-refractivity contribution in [2.24, 2.45) is 0 Å². The first kappa shape index (κ1) is 7.03. The zero-order chi connectivity index (χ0) is 6.53. The molecule has 2 heteroatoms. The molecule has 9 heavy (non-hydrogen) atoms. The molecule has 0 nitrogen and oxygen atoms in total. The number of halogens is 1. The van der Waals surface area contributed by atoms with Gasteiger partial charge >= 0.3 is 0 Å². The molecule has 1 aromatic rings. The second-order valence-corrected chi connectivity index (χ2v) is 3.04. The van der Waals surface area contributed by atoms with Crippen LogP contribution < -0.4 is 0 Å². The lowest BCUT2D eigenvalue weighted by Crippen LogP contribution is -1.59. The third kappa shape index (κ3) is 2.33. The van der Waals surface area contributed by atoms with Gasteiger partial charge in [0, 0.05) is 5.33 Å². The highest BCUT2D eigenvalue weighted by Gasteiger charge is 1.81. The van der Waals surface area contributed by atoms with Crippen LogP contribution in [-0.4, -0.2) is 5.33 Å². The molecule has 0 saturated carbocycles. The van der Waals surface area contributed by atoms with Crippen molar-refractivity contribution in [2.45, 2.75) is 0 Å². The fourth-order valence-electron chi connectivity index (χ4n) is 0.550. The molecule has 0 spiro atoms. The van der Waals surface area contributed by atoms with Crippen LogP contribution in [0.3, 0.4) is 0 Å². The molecule has 0 atom stereocenters. The molecule has 0 aromatic carbocycles. The average Bonchev–Trinajstić information content (AvgIpc) is 2.34. The topological polar surface area (TPSA) is 0 Å². The lowest BCUT2D eigenvalue weighted by Gasteiger charge is -1.78. The van der Waals surface area contributed by atoms with Gasteiger partial charge in [-0.2, -0.15) is 11.3 Å². The Kier molecular flexibility index (Phi) is 3.01. The summed E-state index contributed by atoms with van der Waals surface area (Å²) in [6.45, 7) is 0. The van der Waals surface area contributed by atoms with Gasteiger partial charge in [0.1, 0.15) is 0 Å². The fraction of sp³-hybridized carbons (Fsp3) is 0.143. The summed E-state index contributed by atoms with van der Waals surface area (Å²) in [5.74, 6) is 0. The van der Waals surface area contributed by atoms with Crippen LogP contribution in [0.5, 0.6) is 0 Å². The Hall–Kier alpha value is -0.0800. The Balaban J connectivity index is 2.57. The smallest absolute Gasteiger partial charge is 0.0215 e. The Bertz CT molecular complexity index is 177. The zero-order valence-electron chi connectivity index (χ0n) is 4.88. The van der Waals surface area contributed by atoms with E-state index in [9.17, 15) is 0 Å². The molecule has 0 aliphatic rings. The summed E-state index contributed by atoms with van der Waals surface area (Å²) < 4.78 is 0. The number of alkyl halides is 1. The van der Waals surface area contributed by atoms with Crippen molar-refractivity contribution in [2.75, 3.05) is 5.33 Å². The first-order valence-electron chi connectivity index (χ1n) is 2.68. The monoisotopic (exact) mass is 202 g/mol. The molecular formula is C7H7BrS. The SMILES string of the molecule is BrC/C=C/c1ccsc1. The largest absolute Gasteiger partial charge is 0.152 e. The van der Waals surface area contributed by atoms with Crippen LogP contribution in [0.2, 0.25) is 0 Å². The van der Waals surface area contributed by atoms with Crippen molar-refractivity contribution in [1.82, 2.24) is 0 Å². The summed E-state index contributed by atoms with van der Waals surface area (Å²) in [7, 11) is 0. The molecule has 1 aromatic heterocycles. The van der Waals surface area contributed by atoms with Crippen molar-refractivity contribution in [3.63, 3.8) is 0 Å². The number of hydrogen-bond donors (Lipinski definition) is 0. The Morgan fingerprint density at radius 1 is 1.67 bits per heavy atom. The first-order chi connectivity index (χ1) is 4.43. The van der Waals surface area contributed by atoms with E-state index in [-0.39, 0.29) is 0 Å². The predicted octanol–water partition coefficient (Wildman–Crippen LogP) is 3.16. The van der Waals surface area contributed by atoms with Crippen molar-refractivity contribution < 1.29 is 0 Å². The van der Waals surface area contributed by atoms with E-state index in [2.05, 4.69) is 44.9 Å². The minimum Gasteiger partial charge on any atom is -0.152 e. The standard InChI is InChI=1S/C7H7BrS/c8-4-1-2-7-3-5-9-6-7/h1-3,5-6H,4H2/b2-1+. The molecule has 0 bridgehead atoms. The summed E-state index contributed by atoms with van der Waals surface area (Å²) in [6.07, 6.45) is 4.19. The van der Waals surface area contributed by atoms with Gasteiger partial charge in [0.05, 0.1) is 0 Å². The highest BCUT2D eigenvalue weighted by molar-refractivity contribution is 9.09. The molecule has 0 fully saturated rings. The lowest BCUT2D eigenvalue weighted by molar-refractivity contribution is 1.80. The van der Waals surface area contributed by atoms with Crippen LogP contribution in [-0.2, 0) is 0 Å². The Morgan fingerprint density at radius 2 is 2.56 bits per heavy atom. The summed E-state index contributed by atoms with van der Waals surface area (Å²) in [4.78, 5) is 0. The molecule has 1 heterocycles. The highest BCUT2D eigenvalue weighted by Crippen LogP contribution is 2.07. The molecule has 0 radical (unpaired) electrons. The van der Waals surface area contributed by atoms with Gasteiger partial charge in [-0.1, -0.05) is 28.1 Å². The summed E-state index contributed by atoms with van der Waals surface area (Å²) in [5, 5.41) is 5.13. The van der Waals surface area contributed by atoms with Gasteiger partial charge in [0.25, 0.3) is 0 Å². The molecule has 48 valence electrons. The summed E-state index contributed by atoms with van der Waals surface area (Å²) >= 11 is 5.04. The van der Waals surface area contributed by atoms with Gasteiger partial charge in [-0.3, -0.25) is 0 Å². The fourth-order valence-corrected chi connectivity index (χ4v) is 1.37. The van der Waals surface area contributed by atoms with Gasteiger partial charge in [0.15, 0.2) is 0 Å². The van der Waals surface area contributed by atoms with E-state index in [0.29, 0.717) is 0 Å². The van der Waals surface area contributed by atoms with E-state index in [1.165, 1.54) is 5.56 Å². The molecule has 0 aliphatic heterocycles. The van der Waals surface area contributed by atoms with E-state index >= 15 is 0 Å². The molecule has 0 amide bonds. The second-order valence-electron chi connectivity index (χ2n) is 1.61. The van der Waals surface area contributed by atoms with E-state index in [1.807, 2.05) is 0 Å². The van der Waals surface area contributed by atoms with E-state index in [4.69, 9.17) is 0 Å². The minimum absolute atomic E-state index is 0.933. The van der Waals surface area contributed by atoms with Crippen molar-refractivity contribution in [3.05, 3.63) is 28.5 Å². The van der Waals surface area contributed by atoms with Crippen molar-refractivity contribution in [1.29, 1.82) is 0 Å². The highest BCUT2D eigenvalue weighted by atomic mass is 79.9. The number of allylic oxidation sites excluding steroid dienone is 1. The van der Waals surface area contributed by atoms with E-state index in [0.717, 1.165) is 5.33 Å². The van der Waals surface area contributed by atoms with Crippen LogP contribution in [0, 0.1) is 0 Å². The van der Waals surface area contributed by atoms with Crippen LogP contribution in [0.1, 0.15) is 5.56 Å². The maximum absolute atomic E-state index is 3.31. The van der Waals surface area contributed by atoms with E-state index in [1.54, 1.807) is 11.3 Å². The number of hydrogen-bond acceptors (Lipinski definition) is 1. The van der Waals surface area contributed by atoms with Gasteiger partial charge in [-0.25, -0.2) is 0 Å². The molecular weight excluding hydrogens is 196 g/mol. The number of rotatable bonds is 2. The molecule has 0 saturated heterocycles. The lowest BCUT2D eigenvalue weighted by atomic mass is 10.3.